The van der Waals surface area contributed by atoms with E-state index in [9.17, 15) is 9.59 Å². The fourth-order valence-electron chi connectivity index (χ4n) is 10.3. The number of thioether (sulfide) groups is 1. The van der Waals surface area contributed by atoms with Crippen LogP contribution in [0.25, 0.3) is 0 Å². The molecule has 6 unspecified atom stereocenters. The molecule has 52 heavy (non-hydrogen) atoms. The van der Waals surface area contributed by atoms with Crippen LogP contribution in [0.15, 0.2) is 50.3 Å². The van der Waals surface area contributed by atoms with Crippen LogP contribution in [0.4, 0.5) is 0 Å². The molecule has 8 nitrogen and oxygen atoms in total. The number of hydrogen-bond acceptors (Lipinski definition) is 7. The fourth-order valence-corrected chi connectivity index (χ4v) is 11.9. The summed E-state index contributed by atoms with van der Waals surface area (Å²) in [6, 6.07) is 11.9. The Balaban J connectivity index is 0.000000171. The molecule has 2 aromatic carbocycles. The normalized spacial score (nSPS) is 35.7. The van der Waals surface area contributed by atoms with Crippen LogP contribution in [-0.2, 0) is 20.7 Å². The molecule has 6 atom stereocenters. The molecule has 13 heteroatoms. The van der Waals surface area contributed by atoms with E-state index in [-0.39, 0.29) is 23.0 Å². The molecule has 2 N–H and O–H groups in total. The van der Waals surface area contributed by atoms with Gasteiger partial charge < -0.3 is 20.1 Å². The number of rotatable bonds is 0. The van der Waals surface area contributed by atoms with Gasteiger partial charge in [0.1, 0.15) is 22.7 Å². The number of carbonyl (C=O) groups excluding carboxylic acids is 2. The maximum Gasteiger partial charge on any atom is 0.261 e. The molecule has 0 radical (unpaired) electrons. The number of fused-ring (bicyclic) bond motifs is 4. The lowest BCUT2D eigenvalue weighted by atomic mass is 9.66. The smallest absolute Gasteiger partial charge is 0.261 e. The monoisotopic (exact) mass is 986 g/mol. The maximum absolute atomic E-state index is 13.4. The topological polar surface area (TPSA) is 92.3 Å². The molecular weight excluding hydrogens is 939 g/mol. The van der Waals surface area contributed by atoms with Gasteiger partial charge in [0, 0.05) is 40.0 Å². The summed E-state index contributed by atoms with van der Waals surface area (Å²) in [7, 11) is 1.83. The summed E-state index contributed by atoms with van der Waals surface area (Å²) in [5, 5.41) is 7.26. The molecule has 4 aliphatic heterocycles. The minimum Gasteiger partial charge on any atom is -0.487 e. The van der Waals surface area contributed by atoms with Crippen LogP contribution in [0.2, 0.25) is 0 Å². The van der Waals surface area contributed by atoms with Crippen LogP contribution in [0.5, 0.6) is 11.5 Å². The second-order valence-corrected chi connectivity index (χ2v) is 19.1. The van der Waals surface area contributed by atoms with E-state index in [2.05, 4.69) is 92.8 Å². The molecule has 2 saturated carbocycles. The Hall–Kier alpha value is -1.42. The zero-order valence-electron chi connectivity index (χ0n) is 30.9. The van der Waals surface area contributed by atoms with E-state index >= 15 is 0 Å². The molecule has 2 aliphatic carbocycles. The molecule has 6 aliphatic rings. The van der Waals surface area contributed by atoms with Crippen molar-refractivity contribution in [1.29, 1.82) is 0 Å². The third-order valence-electron chi connectivity index (χ3n) is 11.5. The summed E-state index contributed by atoms with van der Waals surface area (Å²) in [6.07, 6.45) is 9.55. The van der Waals surface area contributed by atoms with Crippen LogP contribution < -0.4 is 20.1 Å². The third-order valence-corrected chi connectivity index (χ3v) is 13.4. The molecule has 8 rings (SSSR count). The third kappa shape index (κ3) is 7.32. The van der Waals surface area contributed by atoms with E-state index in [4.69, 9.17) is 26.7 Å². The van der Waals surface area contributed by atoms with Crippen molar-refractivity contribution < 1.29 is 19.1 Å². The van der Waals surface area contributed by atoms with Gasteiger partial charge in [-0.3, -0.25) is 14.5 Å². The second-order valence-electron chi connectivity index (χ2n) is 16.0. The number of carbonyl (C=O) groups is 2. The lowest BCUT2D eigenvalue weighted by molar-refractivity contribution is -0.136. The van der Waals surface area contributed by atoms with Crippen LogP contribution in [0, 0.1) is 23.7 Å². The van der Waals surface area contributed by atoms with E-state index in [1.807, 2.05) is 54.6 Å². The minimum absolute atomic E-state index is 0.0646. The fraction of sp³-hybridized carbons (Fsp3) is 0.590. The highest BCUT2D eigenvalue weighted by atomic mass is 127. The quantitative estimate of drug-likeness (QED) is 0.155. The van der Waals surface area contributed by atoms with Gasteiger partial charge in [-0.15, -0.1) is 0 Å². The SMILES string of the molecule is CC1CC(C)CC2(C1)CC1(NC(=S)NC1=O)c1cc(Br)ccc1O2.CI.CSC1=NC2(CC3(CC(C)CC(C)C3)Oc3ccc(Br)cc32)C(=O)N1C. The van der Waals surface area contributed by atoms with E-state index in [1.54, 1.807) is 4.90 Å². The highest BCUT2D eigenvalue weighted by molar-refractivity contribution is 14.1. The summed E-state index contributed by atoms with van der Waals surface area (Å²) in [5.41, 5.74) is -0.560. The van der Waals surface area contributed by atoms with Gasteiger partial charge in [0.15, 0.2) is 21.4 Å². The molecule has 4 spiro atoms. The number of halogens is 3. The predicted octanol–water partition coefficient (Wildman–Crippen LogP) is 9.49. The van der Waals surface area contributed by atoms with E-state index in [0.717, 1.165) is 62.4 Å². The first kappa shape index (κ1) is 40.2. The average molecular weight is 989 g/mol. The van der Waals surface area contributed by atoms with Crippen molar-refractivity contribution in [2.45, 2.75) is 101 Å². The largest absolute Gasteiger partial charge is 0.487 e. The first-order valence-electron chi connectivity index (χ1n) is 18.0. The Bertz CT molecular complexity index is 1780. The molecule has 2 amide bonds. The first-order valence-corrected chi connectivity index (χ1v) is 23.4. The maximum atomic E-state index is 13.4. The van der Waals surface area contributed by atoms with Crippen molar-refractivity contribution in [3.8, 4) is 11.5 Å². The number of likely N-dealkylation sites (N-methyl/N-ethyl adjacent to an activating group) is 1. The number of nitrogens with one attached hydrogen (secondary N) is 2. The lowest BCUT2D eigenvalue weighted by Gasteiger charge is -2.50. The zero-order valence-corrected chi connectivity index (χ0v) is 37.9. The molecule has 282 valence electrons. The van der Waals surface area contributed by atoms with Crippen molar-refractivity contribution in [3.63, 3.8) is 0 Å². The Labute approximate surface area is 348 Å². The first-order chi connectivity index (χ1) is 24.6. The average Bonchev–Trinajstić information content (AvgIpc) is 3.48. The standard InChI is InChI=1S/C20H25BrN2O2S.C18H21BrN2O2S.CH3I/c1-12-7-13(2)10-19(9-12)11-20(17(24)23(3)18(22-20)26-4)15-8-14(21)5-6-16(15)25-19;1-10-5-11(2)8-17(7-10)9-18(15(22)20-16(24)21-18)13-6-12(19)3-4-14(13)23-17;1-2/h5-6,8,12-13H,7,9-11H2,1-4H3;3-4,6,10-11H,5,7-9H2,1-2H3,(H2,20,21,22,24);1H3. The Kier molecular flexibility index (Phi) is 11.8. The summed E-state index contributed by atoms with van der Waals surface area (Å²) < 4.78 is 15.0. The number of aliphatic imine (C=N–C) groups is 1. The van der Waals surface area contributed by atoms with Gasteiger partial charge in [0.05, 0.1) is 0 Å². The number of benzene rings is 2. The van der Waals surface area contributed by atoms with Crippen molar-refractivity contribution in [1.82, 2.24) is 15.5 Å². The summed E-state index contributed by atoms with van der Waals surface area (Å²) in [6.45, 7) is 9.14. The number of amides is 2. The number of nitrogens with zero attached hydrogens (tertiary/aromatic N) is 2. The van der Waals surface area contributed by atoms with Crippen LogP contribution in [-0.4, -0.2) is 56.4 Å². The van der Waals surface area contributed by atoms with Crippen molar-refractivity contribution in [3.05, 3.63) is 56.5 Å². The van der Waals surface area contributed by atoms with Crippen molar-refractivity contribution >= 4 is 101 Å². The van der Waals surface area contributed by atoms with Gasteiger partial charge in [-0.1, -0.05) is 93.9 Å². The lowest BCUT2D eigenvalue weighted by Crippen LogP contribution is -2.57. The Morgan fingerprint density at radius 1 is 0.846 bits per heavy atom. The number of thiocarbonyl (C=S) groups is 1. The molecular formula is C39H49Br2IN4O4S2. The molecule has 0 bridgehead atoms. The van der Waals surface area contributed by atoms with Gasteiger partial charge in [-0.05, 0) is 122 Å². The number of hydrogen-bond donors (Lipinski definition) is 2. The van der Waals surface area contributed by atoms with Gasteiger partial charge in [-0.25, -0.2) is 4.99 Å². The van der Waals surface area contributed by atoms with Gasteiger partial charge in [0.25, 0.3) is 11.8 Å². The molecule has 4 heterocycles. The minimum atomic E-state index is -0.860. The zero-order chi connectivity index (χ0) is 37.8. The van der Waals surface area contributed by atoms with E-state index in [0.29, 0.717) is 41.6 Å². The van der Waals surface area contributed by atoms with Crippen molar-refractivity contribution in [2.75, 3.05) is 18.2 Å². The number of amidine groups is 1. The number of ether oxygens (including phenoxy) is 2. The molecule has 0 aromatic heterocycles. The molecule has 2 aromatic rings. The van der Waals surface area contributed by atoms with Gasteiger partial charge in [0.2, 0.25) is 0 Å². The highest BCUT2D eigenvalue weighted by Gasteiger charge is 2.60. The highest BCUT2D eigenvalue weighted by Crippen LogP contribution is 2.56. The van der Waals surface area contributed by atoms with Gasteiger partial charge >= 0.3 is 0 Å². The summed E-state index contributed by atoms with van der Waals surface area (Å²) in [5.74, 6) is 3.94. The van der Waals surface area contributed by atoms with E-state index < -0.39 is 11.1 Å². The van der Waals surface area contributed by atoms with Crippen LogP contribution >= 0.6 is 78.4 Å². The summed E-state index contributed by atoms with van der Waals surface area (Å²) >= 11 is 16.0. The Morgan fingerprint density at radius 3 is 1.79 bits per heavy atom. The summed E-state index contributed by atoms with van der Waals surface area (Å²) in [4.78, 5) is 35.0. The molecule has 1 saturated heterocycles. The Morgan fingerprint density at radius 2 is 1.33 bits per heavy atom. The number of alkyl halides is 1. The van der Waals surface area contributed by atoms with Gasteiger partial charge in [-0.2, -0.15) is 0 Å². The second kappa shape index (κ2) is 15.3. The van der Waals surface area contributed by atoms with Crippen LogP contribution in [0.1, 0.15) is 90.2 Å². The predicted molar refractivity (Wildman–Crippen MR) is 229 cm³/mol. The van der Waals surface area contributed by atoms with Crippen LogP contribution in [0.3, 0.4) is 0 Å². The van der Waals surface area contributed by atoms with Crippen molar-refractivity contribution in [2.24, 2.45) is 28.7 Å². The van der Waals surface area contributed by atoms with E-state index in [1.165, 1.54) is 24.6 Å². The molecule has 3 fully saturated rings.